The third kappa shape index (κ3) is 3.52. The molecule has 6 N–H and O–H groups in total. The summed E-state index contributed by atoms with van der Waals surface area (Å²) in [6, 6.07) is -0.963. The SMILES string of the molecule is CC(C)[C@H](N)C(=O)OC[C@]1(F)C[C@@H](O)[C@](CO)(n2cc(F)c3c(N)ncnc32)O1. The predicted octanol–water partition coefficient (Wildman–Crippen LogP) is -0.229. The molecule has 0 radical (unpaired) electrons. The Morgan fingerprint density at radius 1 is 1.52 bits per heavy atom. The molecule has 1 saturated heterocycles. The number of nitrogen functional groups attached to an aromatic ring is 1. The maximum atomic E-state index is 15.3. The average molecular weight is 415 g/mol. The van der Waals surface area contributed by atoms with Gasteiger partial charge in [-0.3, -0.25) is 9.36 Å². The highest BCUT2D eigenvalue weighted by atomic mass is 19.2. The van der Waals surface area contributed by atoms with E-state index in [-0.39, 0.29) is 22.8 Å². The predicted molar refractivity (Wildman–Crippen MR) is 96.3 cm³/mol. The van der Waals surface area contributed by atoms with Crippen molar-refractivity contribution in [2.45, 2.75) is 44.0 Å². The Bertz CT molecular complexity index is 925. The molecule has 0 unspecified atom stereocenters. The van der Waals surface area contributed by atoms with Crippen LogP contribution in [0.15, 0.2) is 12.5 Å². The minimum absolute atomic E-state index is 0.105. The minimum Gasteiger partial charge on any atom is -0.458 e. The molecule has 1 aliphatic rings. The van der Waals surface area contributed by atoms with Crippen LogP contribution in [0.4, 0.5) is 14.6 Å². The molecule has 0 spiro atoms. The highest BCUT2D eigenvalue weighted by Crippen LogP contribution is 2.44. The third-order valence-electron chi connectivity index (χ3n) is 5.00. The number of ether oxygens (including phenoxy) is 2. The molecule has 0 saturated carbocycles. The smallest absolute Gasteiger partial charge is 0.323 e. The first-order valence-corrected chi connectivity index (χ1v) is 8.92. The second kappa shape index (κ2) is 7.44. The van der Waals surface area contributed by atoms with Crippen molar-refractivity contribution in [1.29, 1.82) is 0 Å². The van der Waals surface area contributed by atoms with E-state index in [2.05, 4.69) is 9.97 Å². The van der Waals surface area contributed by atoms with Gasteiger partial charge in [0.25, 0.3) is 0 Å². The largest absolute Gasteiger partial charge is 0.458 e. The fourth-order valence-electron chi connectivity index (χ4n) is 3.26. The van der Waals surface area contributed by atoms with Crippen LogP contribution in [0.1, 0.15) is 20.3 Å². The van der Waals surface area contributed by atoms with Gasteiger partial charge in [0.2, 0.25) is 5.85 Å². The van der Waals surface area contributed by atoms with Crippen molar-refractivity contribution in [3.05, 3.63) is 18.3 Å². The molecule has 29 heavy (non-hydrogen) atoms. The van der Waals surface area contributed by atoms with E-state index in [0.717, 1.165) is 17.1 Å². The summed E-state index contributed by atoms with van der Waals surface area (Å²) in [5.74, 6) is -4.74. The molecule has 1 aliphatic heterocycles. The van der Waals surface area contributed by atoms with Crippen molar-refractivity contribution >= 4 is 22.8 Å². The summed E-state index contributed by atoms with van der Waals surface area (Å²) in [7, 11) is 0. The molecule has 0 amide bonds. The molecule has 2 aromatic heterocycles. The number of nitrogens with zero attached hydrogens (tertiary/aromatic N) is 3. The first-order valence-electron chi connectivity index (χ1n) is 8.92. The van der Waals surface area contributed by atoms with Gasteiger partial charge in [-0.05, 0) is 5.92 Å². The molecule has 4 atom stereocenters. The Hall–Kier alpha value is -2.41. The standard InChI is InChI=1S/C17H23F2N5O5/c1-8(2)12(20)15(27)28-6-16(19)3-10(26)17(5-25,29-16)24-4-9(18)11-13(21)22-7-23-14(11)24/h4,7-8,10,12,25-26H,3,5-6,20H2,1-2H3,(H2,21,22,23)/t10-,12+,16+,17-/m1/s1. The summed E-state index contributed by atoms with van der Waals surface area (Å²) in [6.45, 7) is 1.60. The number of aliphatic hydroxyl groups is 2. The number of aliphatic hydroxyl groups excluding tert-OH is 2. The van der Waals surface area contributed by atoms with Crippen molar-refractivity contribution in [1.82, 2.24) is 14.5 Å². The molecule has 12 heteroatoms. The topological polar surface area (TPSA) is 159 Å². The van der Waals surface area contributed by atoms with Gasteiger partial charge >= 0.3 is 5.97 Å². The molecule has 160 valence electrons. The lowest BCUT2D eigenvalue weighted by Gasteiger charge is -2.32. The molecular weight excluding hydrogens is 392 g/mol. The fraction of sp³-hybridized carbons (Fsp3) is 0.588. The molecule has 0 bridgehead atoms. The van der Waals surface area contributed by atoms with Crippen LogP contribution in [-0.2, 0) is 20.0 Å². The van der Waals surface area contributed by atoms with Crippen molar-refractivity contribution in [2.75, 3.05) is 18.9 Å². The van der Waals surface area contributed by atoms with Crippen molar-refractivity contribution in [3.63, 3.8) is 0 Å². The number of carbonyl (C=O) groups excluding carboxylic acids is 1. The molecular formula is C17H23F2N5O5. The molecule has 0 aromatic carbocycles. The van der Waals surface area contributed by atoms with Crippen molar-refractivity contribution < 1.29 is 33.3 Å². The molecule has 10 nitrogen and oxygen atoms in total. The van der Waals surface area contributed by atoms with Gasteiger partial charge in [0.05, 0.1) is 12.0 Å². The summed E-state index contributed by atoms with van der Waals surface area (Å²) >= 11 is 0. The van der Waals surface area contributed by atoms with Crippen LogP contribution in [-0.4, -0.2) is 61.9 Å². The highest BCUT2D eigenvalue weighted by Gasteiger charge is 2.59. The number of carbonyl (C=O) groups is 1. The van der Waals surface area contributed by atoms with Crippen LogP contribution >= 0.6 is 0 Å². The zero-order valence-electron chi connectivity index (χ0n) is 15.9. The summed E-state index contributed by atoms with van der Waals surface area (Å²) in [5.41, 5.74) is 9.10. The summed E-state index contributed by atoms with van der Waals surface area (Å²) in [6.07, 6.45) is -0.347. The highest BCUT2D eigenvalue weighted by molar-refractivity contribution is 5.87. The molecule has 3 heterocycles. The lowest BCUT2D eigenvalue weighted by molar-refractivity contribution is -0.248. The third-order valence-corrected chi connectivity index (χ3v) is 5.00. The zero-order valence-corrected chi connectivity index (χ0v) is 15.9. The number of alkyl halides is 1. The summed E-state index contributed by atoms with van der Waals surface area (Å²) < 4.78 is 40.9. The lowest BCUT2D eigenvalue weighted by atomic mass is 10.0. The zero-order chi connectivity index (χ0) is 21.6. The summed E-state index contributed by atoms with van der Waals surface area (Å²) in [5, 5.41) is 20.3. The number of hydrogen-bond acceptors (Lipinski definition) is 9. The molecule has 2 aromatic rings. The second-order valence-electron chi connectivity index (χ2n) is 7.39. The number of esters is 1. The van der Waals surface area contributed by atoms with Crippen molar-refractivity contribution in [3.8, 4) is 0 Å². The van der Waals surface area contributed by atoms with E-state index in [1.807, 2.05) is 0 Å². The normalized spacial score (nSPS) is 28.2. The Morgan fingerprint density at radius 3 is 2.83 bits per heavy atom. The quantitative estimate of drug-likeness (QED) is 0.468. The summed E-state index contributed by atoms with van der Waals surface area (Å²) in [4.78, 5) is 19.5. The van der Waals surface area contributed by atoms with E-state index in [4.69, 9.17) is 20.9 Å². The van der Waals surface area contributed by atoms with Gasteiger partial charge in [-0.2, -0.15) is 0 Å². The van der Waals surface area contributed by atoms with Gasteiger partial charge in [0, 0.05) is 12.6 Å². The number of rotatable bonds is 6. The number of anilines is 1. The maximum Gasteiger partial charge on any atom is 0.323 e. The monoisotopic (exact) mass is 415 g/mol. The van der Waals surface area contributed by atoms with Gasteiger partial charge < -0.3 is 31.2 Å². The van der Waals surface area contributed by atoms with E-state index < -0.39 is 55.1 Å². The maximum absolute atomic E-state index is 15.3. The Balaban J connectivity index is 1.92. The van der Waals surface area contributed by atoms with E-state index in [0.29, 0.717) is 0 Å². The minimum atomic E-state index is -2.65. The van der Waals surface area contributed by atoms with Crippen LogP contribution in [0.2, 0.25) is 0 Å². The van der Waals surface area contributed by atoms with Crippen LogP contribution in [0.3, 0.4) is 0 Å². The van der Waals surface area contributed by atoms with E-state index >= 15 is 4.39 Å². The van der Waals surface area contributed by atoms with E-state index in [9.17, 15) is 19.4 Å². The van der Waals surface area contributed by atoms with Gasteiger partial charge in [0.1, 0.15) is 24.3 Å². The Morgan fingerprint density at radius 2 is 2.21 bits per heavy atom. The fourth-order valence-corrected chi connectivity index (χ4v) is 3.26. The van der Waals surface area contributed by atoms with Gasteiger partial charge in [-0.25, -0.2) is 18.7 Å². The lowest BCUT2D eigenvalue weighted by Crippen LogP contribution is -2.47. The van der Waals surface area contributed by atoms with Gasteiger partial charge in [-0.1, -0.05) is 13.8 Å². The van der Waals surface area contributed by atoms with E-state index in [1.165, 1.54) is 0 Å². The first kappa shape index (κ1) is 21.3. The number of fused-ring (bicyclic) bond motifs is 1. The molecule has 3 rings (SSSR count). The molecule has 0 aliphatic carbocycles. The average Bonchev–Trinajstić information content (AvgIpc) is 3.14. The number of hydrogen-bond donors (Lipinski definition) is 4. The van der Waals surface area contributed by atoms with Crippen molar-refractivity contribution in [2.24, 2.45) is 11.7 Å². The van der Waals surface area contributed by atoms with Crippen LogP contribution < -0.4 is 11.5 Å². The number of aromatic nitrogens is 3. The van der Waals surface area contributed by atoms with Gasteiger partial charge in [-0.15, -0.1) is 0 Å². The van der Waals surface area contributed by atoms with Crippen LogP contribution in [0.25, 0.3) is 11.0 Å². The number of nitrogens with two attached hydrogens (primary N) is 2. The number of halogens is 2. The van der Waals surface area contributed by atoms with Crippen LogP contribution in [0, 0.1) is 11.7 Å². The van der Waals surface area contributed by atoms with Gasteiger partial charge in [0.15, 0.2) is 23.8 Å². The Kier molecular flexibility index (Phi) is 5.47. The molecule has 1 fully saturated rings. The Labute approximate surface area is 164 Å². The van der Waals surface area contributed by atoms with Crippen LogP contribution in [0.5, 0.6) is 0 Å². The first-order chi connectivity index (χ1) is 13.5. The van der Waals surface area contributed by atoms with E-state index in [1.54, 1.807) is 13.8 Å². The second-order valence-corrected chi connectivity index (χ2v) is 7.39.